The smallest absolute Gasteiger partial charge is 0.314 e. The van der Waals surface area contributed by atoms with E-state index >= 15 is 0 Å². The van der Waals surface area contributed by atoms with Crippen molar-refractivity contribution in [1.82, 2.24) is 15.5 Å². The second-order valence-corrected chi connectivity index (χ2v) is 4.92. The third-order valence-electron chi connectivity index (χ3n) is 2.67. The number of carbonyl (C=O) groups excluding carboxylic acids is 1. The fourth-order valence-corrected chi connectivity index (χ4v) is 1.32. The number of hydrogen-bond acceptors (Lipinski definition) is 3. The Hall–Kier alpha value is -1.30. The van der Waals surface area contributed by atoms with Crippen molar-refractivity contribution in [2.45, 2.75) is 32.7 Å². The summed E-state index contributed by atoms with van der Waals surface area (Å²) >= 11 is 0. The molecule has 0 bridgehead atoms. The minimum atomic E-state index is -0.837. The zero-order valence-corrected chi connectivity index (χ0v) is 11.7. The molecule has 0 aromatic carbocycles. The van der Waals surface area contributed by atoms with Crippen LogP contribution in [0.5, 0.6) is 0 Å². The van der Waals surface area contributed by atoms with Crippen LogP contribution in [0.15, 0.2) is 0 Å². The standard InChI is InChI=1S/C12H25N3O3/c1-9(11(16)17)5-7-13-12(18)14-10(2)6-8-15(3)4/h9-10H,5-8H2,1-4H3,(H,16,17)(H2,13,14,18). The summed E-state index contributed by atoms with van der Waals surface area (Å²) in [5, 5.41) is 14.2. The highest BCUT2D eigenvalue weighted by molar-refractivity contribution is 5.74. The predicted octanol–water partition coefficient (Wildman–Crippen LogP) is 0.737. The van der Waals surface area contributed by atoms with Gasteiger partial charge in [0.2, 0.25) is 0 Å². The number of amides is 2. The maximum atomic E-state index is 11.5. The molecule has 0 heterocycles. The van der Waals surface area contributed by atoms with Gasteiger partial charge in [0, 0.05) is 12.6 Å². The molecule has 2 amide bonds. The molecule has 0 aliphatic heterocycles. The van der Waals surface area contributed by atoms with Crippen LogP contribution in [0.2, 0.25) is 0 Å². The van der Waals surface area contributed by atoms with Gasteiger partial charge in [0.25, 0.3) is 0 Å². The predicted molar refractivity (Wildman–Crippen MR) is 70.6 cm³/mol. The summed E-state index contributed by atoms with van der Waals surface area (Å²) in [7, 11) is 3.97. The molecule has 106 valence electrons. The molecule has 18 heavy (non-hydrogen) atoms. The molecular weight excluding hydrogens is 234 g/mol. The van der Waals surface area contributed by atoms with Crippen molar-refractivity contribution in [1.29, 1.82) is 0 Å². The van der Waals surface area contributed by atoms with E-state index in [0.29, 0.717) is 13.0 Å². The molecule has 0 spiro atoms. The van der Waals surface area contributed by atoms with E-state index in [9.17, 15) is 9.59 Å². The van der Waals surface area contributed by atoms with Crippen LogP contribution < -0.4 is 10.6 Å². The molecule has 0 saturated heterocycles. The summed E-state index contributed by atoms with van der Waals surface area (Å²) in [5.74, 6) is -1.27. The summed E-state index contributed by atoms with van der Waals surface area (Å²) in [5.41, 5.74) is 0. The van der Waals surface area contributed by atoms with Crippen LogP contribution in [0.25, 0.3) is 0 Å². The van der Waals surface area contributed by atoms with Gasteiger partial charge in [0.05, 0.1) is 5.92 Å². The van der Waals surface area contributed by atoms with E-state index in [-0.39, 0.29) is 12.1 Å². The highest BCUT2D eigenvalue weighted by atomic mass is 16.4. The Labute approximate surface area is 109 Å². The third kappa shape index (κ3) is 8.81. The van der Waals surface area contributed by atoms with Gasteiger partial charge in [-0.05, 0) is 40.4 Å². The Morgan fingerprint density at radius 3 is 2.33 bits per heavy atom. The molecule has 2 unspecified atom stereocenters. The summed E-state index contributed by atoms with van der Waals surface area (Å²) in [4.78, 5) is 24.1. The van der Waals surface area contributed by atoms with Gasteiger partial charge >= 0.3 is 12.0 Å². The molecule has 0 aliphatic carbocycles. The summed E-state index contributed by atoms with van der Waals surface area (Å²) in [6, 6.07) is -0.136. The van der Waals surface area contributed by atoms with Gasteiger partial charge in [-0.2, -0.15) is 0 Å². The molecule has 0 aromatic rings. The Morgan fingerprint density at radius 2 is 1.83 bits per heavy atom. The maximum absolute atomic E-state index is 11.5. The summed E-state index contributed by atoms with van der Waals surface area (Å²) < 4.78 is 0. The van der Waals surface area contributed by atoms with Gasteiger partial charge in [-0.15, -0.1) is 0 Å². The topological polar surface area (TPSA) is 81.7 Å². The lowest BCUT2D eigenvalue weighted by atomic mass is 10.1. The molecule has 0 rings (SSSR count). The Bertz CT molecular complexity index is 269. The first-order valence-corrected chi connectivity index (χ1v) is 6.24. The minimum absolute atomic E-state index is 0.101. The minimum Gasteiger partial charge on any atom is -0.481 e. The molecule has 3 N–H and O–H groups in total. The van der Waals surface area contributed by atoms with Crippen LogP contribution in [0.3, 0.4) is 0 Å². The lowest BCUT2D eigenvalue weighted by Crippen LogP contribution is -2.42. The van der Waals surface area contributed by atoms with Crippen LogP contribution in [-0.4, -0.2) is 55.2 Å². The van der Waals surface area contributed by atoms with Crippen molar-refractivity contribution < 1.29 is 14.7 Å². The maximum Gasteiger partial charge on any atom is 0.314 e. The first-order valence-electron chi connectivity index (χ1n) is 6.24. The number of nitrogens with zero attached hydrogens (tertiary/aromatic N) is 1. The lowest BCUT2D eigenvalue weighted by molar-refractivity contribution is -0.141. The second kappa shape index (κ2) is 8.74. The average molecular weight is 259 g/mol. The van der Waals surface area contributed by atoms with E-state index in [2.05, 4.69) is 15.5 Å². The molecule has 2 atom stereocenters. The van der Waals surface area contributed by atoms with Crippen molar-refractivity contribution in [3.8, 4) is 0 Å². The van der Waals surface area contributed by atoms with Crippen molar-refractivity contribution in [2.75, 3.05) is 27.2 Å². The van der Waals surface area contributed by atoms with Gasteiger partial charge in [-0.3, -0.25) is 4.79 Å². The SMILES string of the molecule is CC(CCN(C)C)NC(=O)NCCC(C)C(=O)O. The van der Waals surface area contributed by atoms with Gasteiger partial charge in [0.1, 0.15) is 0 Å². The van der Waals surface area contributed by atoms with Crippen molar-refractivity contribution in [3.05, 3.63) is 0 Å². The van der Waals surface area contributed by atoms with Gasteiger partial charge < -0.3 is 20.6 Å². The number of carbonyl (C=O) groups is 2. The third-order valence-corrected chi connectivity index (χ3v) is 2.67. The number of hydrogen-bond donors (Lipinski definition) is 3. The molecule has 6 nitrogen and oxygen atoms in total. The normalized spacial score (nSPS) is 14.1. The highest BCUT2D eigenvalue weighted by Crippen LogP contribution is 1.99. The fraction of sp³-hybridized carbons (Fsp3) is 0.833. The number of aliphatic carboxylic acids is 1. The molecule has 0 saturated carbocycles. The van der Waals surface area contributed by atoms with E-state index in [4.69, 9.17) is 5.11 Å². The number of nitrogens with one attached hydrogen (secondary N) is 2. The molecule has 0 fully saturated rings. The molecule has 0 radical (unpaired) electrons. The fourth-order valence-electron chi connectivity index (χ4n) is 1.32. The molecular formula is C12H25N3O3. The van der Waals surface area contributed by atoms with E-state index in [1.54, 1.807) is 6.92 Å². The number of carboxylic acids is 1. The Morgan fingerprint density at radius 1 is 1.22 bits per heavy atom. The van der Waals surface area contributed by atoms with Crippen molar-refractivity contribution in [3.63, 3.8) is 0 Å². The van der Waals surface area contributed by atoms with Gasteiger partial charge in [-0.25, -0.2) is 4.79 Å². The summed E-state index contributed by atoms with van der Waals surface area (Å²) in [6.07, 6.45) is 1.32. The van der Waals surface area contributed by atoms with E-state index in [1.807, 2.05) is 21.0 Å². The number of carboxylic acid groups (broad SMARTS) is 1. The molecule has 0 aliphatic rings. The summed E-state index contributed by atoms with van der Waals surface area (Å²) in [6.45, 7) is 4.86. The Kier molecular flexibility index (Phi) is 8.11. The highest BCUT2D eigenvalue weighted by Gasteiger charge is 2.11. The van der Waals surface area contributed by atoms with E-state index in [1.165, 1.54) is 0 Å². The largest absolute Gasteiger partial charge is 0.481 e. The zero-order valence-electron chi connectivity index (χ0n) is 11.7. The molecule has 6 heteroatoms. The second-order valence-electron chi connectivity index (χ2n) is 4.92. The van der Waals surface area contributed by atoms with Gasteiger partial charge in [-0.1, -0.05) is 6.92 Å². The van der Waals surface area contributed by atoms with E-state index in [0.717, 1.165) is 13.0 Å². The van der Waals surface area contributed by atoms with Crippen molar-refractivity contribution >= 4 is 12.0 Å². The van der Waals surface area contributed by atoms with Gasteiger partial charge in [0.15, 0.2) is 0 Å². The van der Waals surface area contributed by atoms with Crippen LogP contribution in [0, 0.1) is 5.92 Å². The van der Waals surface area contributed by atoms with E-state index < -0.39 is 11.9 Å². The first-order chi connectivity index (χ1) is 8.32. The number of urea groups is 1. The van der Waals surface area contributed by atoms with Crippen LogP contribution in [-0.2, 0) is 4.79 Å². The Balaban J connectivity index is 3.67. The average Bonchev–Trinajstić information content (AvgIpc) is 2.25. The van der Waals surface area contributed by atoms with Crippen molar-refractivity contribution in [2.24, 2.45) is 5.92 Å². The zero-order chi connectivity index (χ0) is 14.1. The van der Waals surface area contributed by atoms with Crippen LogP contribution in [0.1, 0.15) is 26.7 Å². The first kappa shape index (κ1) is 16.7. The molecule has 0 aromatic heterocycles. The quantitative estimate of drug-likeness (QED) is 0.600. The number of rotatable bonds is 8. The van der Waals surface area contributed by atoms with Crippen LogP contribution >= 0.6 is 0 Å². The lowest BCUT2D eigenvalue weighted by Gasteiger charge is -2.17. The van der Waals surface area contributed by atoms with Crippen LogP contribution in [0.4, 0.5) is 4.79 Å². The monoisotopic (exact) mass is 259 g/mol.